The van der Waals surface area contributed by atoms with Crippen molar-refractivity contribution in [3.63, 3.8) is 0 Å². The van der Waals surface area contributed by atoms with Gasteiger partial charge in [0.2, 0.25) is 0 Å². The van der Waals surface area contributed by atoms with Crippen molar-refractivity contribution < 1.29 is 18.3 Å². The molecule has 1 aromatic rings. The van der Waals surface area contributed by atoms with Gasteiger partial charge < -0.3 is 9.29 Å². The van der Waals surface area contributed by atoms with Crippen molar-refractivity contribution in [2.24, 2.45) is 0 Å². The van der Waals surface area contributed by atoms with E-state index in [1.54, 1.807) is 6.92 Å². The average molecular weight is 213 g/mol. The predicted molar refractivity (Wildman–Crippen MR) is 49.6 cm³/mol. The molecule has 0 radical (unpaired) electrons. The van der Waals surface area contributed by atoms with Gasteiger partial charge in [-0.25, -0.2) is 4.79 Å². The van der Waals surface area contributed by atoms with Gasteiger partial charge in [0.05, 0.1) is 12.2 Å². The number of ether oxygens (including phenoxy) is 1. The first-order chi connectivity index (χ1) is 6.65. The number of esters is 1. The van der Waals surface area contributed by atoms with Gasteiger partial charge in [0.25, 0.3) is 0 Å². The number of carbonyl (C=O) groups is 1. The molecule has 0 saturated heterocycles. The molecule has 14 heavy (non-hydrogen) atoms. The van der Waals surface area contributed by atoms with Crippen LogP contribution in [0.2, 0.25) is 0 Å². The van der Waals surface area contributed by atoms with Gasteiger partial charge in [0, 0.05) is 4.90 Å². The summed E-state index contributed by atoms with van der Waals surface area (Å²) in [6.07, 6.45) is 0. The van der Waals surface area contributed by atoms with E-state index in [4.69, 9.17) is 4.74 Å². The standard InChI is InChI=1S/C9H10O4S/c1-2-13-9(10)7-3-5-8(6-4-7)14(11)12/h3-6H,2H2,1H3,(H,11,12)/p-1. The van der Waals surface area contributed by atoms with Crippen LogP contribution in [0.15, 0.2) is 29.2 Å². The molecule has 76 valence electrons. The van der Waals surface area contributed by atoms with Gasteiger partial charge >= 0.3 is 5.97 Å². The van der Waals surface area contributed by atoms with Crippen molar-refractivity contribution >= 4 is 17.0 Å². The summed E-state index contributed by atoms with van der Waals surface area (Å²) in [5.41, 5.74) is 0.348. The molecule has 5 heteroatoms. The predicted octanol–water partition coefficient (Wildman–Crippen LogP) is 1.10. The molecular formula is C9H9O4S-. The fourth-order valence-corrected chi connectivity index (χ4v) is 1.27. The Hall–Kier alpha value is -1.20. The molecule has 1 aromatic carbocycles. The smallest absolute Gasteiger partial charge is 0.338 e. The van der Waals surface area contributed by atoms with Crippen LogP contribution in [0.4, 0.5) is 0 Å². The van der Waals surface area contributed by atoms with Gasteiger partial charge in [-0.1, -0.05) is 0 Å². The number of carbonyl (C=O) groups excluding carboxylic acids is 1. The Morgan fingerprint density at radius 1 is 1.43 bits per heavy atom. The lowest BCUT2D eigenvalue weighted by Crippen LogP contribution is -2.04. The molecule has 0 spiro atoms. The summed E-state index contributed by atoms with van der Waals surface area (Å²) in [5, 5.41) is 0. The number of rotatable bonds is 3. The number of hydrogen-bond acceptors (Lipinski definition) is 4. The van der Waals surface area contributed by atoms with Crippen molar-refractivity contribution in [2.45, 2.75) is 11.8 Å². The molecule has 0 aliphatic rings. The van der Waals surface area contributed by atoms with Crippen LogP contribution in [-0.4, -0.2) is 21.3 Å². The summed E-state index contributed by atoms with van der Waals surface area (Å²) >= 11 is -2.26. The van der Waals surface area contributed by atoms with E-state index in [0.717, 1.165) is 0 Å². The molecule has 0 bridgehead atoms. The minimum Gasteiger partial charge on any atom is -0.768 e. The highest BCUT2D eigenvalue weighted by Gasteiger charge is 2.05. The van der Waals surface area contributed by atoms with Crippen molar-refractivity contribution in [1.29, 1.82) is 0 Å². The van der Waals surface area contributed by atoms with Crippen LogP contribution in [0.1, 0.15) is 17.3 Å². The van der Waals surface area contributed by atoms with E-state index in [-0.39, 0.29) is 4.90 Å². The molecule has 0 aliphatic heterocycles. The first-order valence-corrected chi connectivity index (χ1v) is 5.09. The molecule has 0 amide bonds. The molecule has 1 unspecified atom stereocenters. The fraction of sp³-hybridized carbons (Fsp3) is 0.222. The van der Waals surface area contributed by atoms with E-state index in [0.29, 0.717) is 12.2 Å². The van der Waals surface area contributed by atoms with Crippen LogP contribution < -0.4 is 0 Å². The molecule has 4 nitrogen and oxygen atoms in total. The van der Waals surface area contributed by atoms with Gasteiger partial charge in [-0.05, 0) is 42.3 Å². The molecule has 0 N–H and O–H groups in total. The van der Waals surface area contributed by atoms with Crippen LogP contribution in [0, 0.1) is 0 Å². The summed E-state index contributed by atoms with van der Waals surface area (Å²) in [6, 6.07) is 5.55. The molecule has 0 aromatic heterocycles. The van der Waals surface area contributed by atoms with Crippen molar-refractivity contribution in [3.05, 3.63) is 29.8 Å². The van der Waals surface area contributed by atoms with E-state index in [1.165, 1.54) is 24.3 Å². The van der Waals surface area contributed by atoms with E-state index in [1.807, 2.05) is 0 Å². The summed E-state index contributed by atoms with van der Waals surface area (Å²) in [4.78, 5) is 11.3. The van der Waals surface area contributed by atoms with Crippen molar-refractivity contribution in [1.82, 2.24) is 0 Å². The van der Waals surface area contributed by atoms with E-state index in [9.17, 15) is 13.6 Å². The van der Waals surface area contributed by atoms with Crippen LogP contribution in [0.25, 0.3) is 0 Å². The normalized spacial score (nSPS) is 12.1. The lowest BCUT2D eigenvalue weighted by molar-refractivity contribution is 0.0526. The SMILES string of the molecule is CCOC(=O)c1ccc(S(=O)[O-])cc1. The largest absolute Gasteiger partial charge is 0.768 e. The Balaban J connectivity index is 2.83. The van der Waals surface area contributed by atoms with Gasteiger partial charge in [-0.15, -0.1) is 0 Å². The van der Waals surface area contributed by atoms with Crippen LogP contribution in [0.3, 0.4) is 0 Å². The second kappa shape index (κ2) is 4.88. The zero-order valence-electron chi connectivity index (χ0n) is 7.56. The van der Waals surface area contributed by atoms with Crippen LogP contribution >= 0.6 is 0 Å². The number of benzene rings is 1. The lowest BCUT2D eigenvalue weighted by Gasteiger charge is -2.05. The summed E-state index contributed by atoms with van der Waals surface area (Å²) < 4.78 is 25.7. The first-order valence-electron chi connectivity index (χ1n) is 4.01. The number of hydrogen-bond donors (Lipinski definition) is 0. The lowest BCUT2D eigenvalue weighted by atomic mass is 10.2. The van der Waals surface area contributed by atoms with Gasteiger partial charge in [-0.2, -0.15) is 0 Å². The monoisotopic (exact) mass is 213 g/mol. The Morgan fingerprint density at radius 2 is 2.00 bits per heavy atom. The van der Waals surface area contributed by atoms with Gasteiger partial charge in [0.15, 0.2) is 0 Å². The third-order valence-corrected chi connectivity index (χ3v) is 2.21. The van der Waals surface area contributed by atoms with Gasteiger partial charge in [-0.3, -0.25) is 4.21 Å². The maximum Gasteiger partial charge on any atom is 0.338 e. The highest BCUT2D eigenvalue weighted by Crippen LogP contribution is 2.08. The maximum absolute atomic E-state index is 11.1. The van der Waals surface area contributed by atoms with Gasteiger partial charge in [0.1, 0.15) is 0 Å². The van der Waals surface area contributed by atoms with E-state index < -0.39 is 17.0 Å². The Morgan fingerprint density at radius 3 is 2.43 bits per heavy atom. The minimum atomic E-state index is -2.26. The van der Waals surface area contributed by atoms with Crippen LogP contribution in [-0.2, 0) is 15.8 Å². The van der Waals surface area contributed by atoms with E-state index in [2.05, 4.69) is 0 Å². The second-order valence-electron chi connectivity index (χ2n) is 2.48. The summed E-state index contributed by atoms with van der Waals surface area (Å²) in [7, 11) is 0. The van der Waals surface area contributed by atoms with Crippen molar-refractivity contribution in [3.8, 4) is 0 Å². The zero-order valence-corrected chi connectivity index (χ0v) is 8.37. The van der Waals surface area contributed by atoms with Crippen LogP contribution in [0.5, 0.6) is 0 Å². The van der Waals surface area contributed by atoms with Crippen molar-refractivity contribution in [2.75, 3.05) is 6.61 Å². The highest BCUT2D eigenvalue weighted by molar-refractivity contribution is 7.79. The highest BCUT2D eigenvalue weighted by atomic mass is 32.2. The summed E-state index contributed by atoms with van der Waals surface area (Å²) in [5.74, 6) is -0.448. The molecule has 0 fully saturated rings. The maximum atomic E-state index is 11.1. The molecule has 1 atom stereocenters. The Labute approximate surface area is 84.2 Å². The van der Waals surface area contributed by atoms with E-state index >= 15 is 0 Å². The average Bonchev–Trinajstić information content (AvgIpc) is 2.18. The quantitative estimate of drug-likeness (QED) is 0.557. The first kappa shape index (κ1) is 10.9. The molecular weight excluding hydrogens is 204 g/mol. The Kier molecular flexibility index (Phi) is 3.79. The molecule has 0 aliphatic carbocycles. The fourth-order valence-electron chi connectivity index (χ4n) is 0.917. The third kappa shape index (κ3) is 2.65. The Bertz CT molecular complexity index is 344. The third-order valence-electron chi connectivity index (χ3n) is 1.56. The minimum absolute atomic E-state index is 0.151. The zero-order chi connectivity index (χ0) is 10.6. The molecule has 1 rings (SSSR count). The second-order valence-corrected chi connectivity index (χ2v) is 3.42. The molecule has 0 saturated carbocycles. The topological polar surface area (TPSA) is 66.4 Å². The summed E-state index contributed by atoms with van der Waals surface area (Å²) in [6.45, 7) is 2.01. The molecule has 0 heterocycles.